The van der Waals surface area contributed by atoms with Crippen LogP contribution in [0.5, 0.6) is 0 Å². The van der Waals surface area contributed by atoms with Gasteiger partial charge in [0.15, 0.2) is 0 Å². The van der Waals surface area contributed by atoms with Crippen LogP contribution in [0.2, 0.25) is 0 Å². The maximum absolute atomic E-state index is 13.1. The average Bonchev–Trinajstić information content (AvgIpc) is 3.26. The SMILES string of the molecule is Cc1ccc(S(=O)(=O)N2CCC[C@H]2C(=O)Nc2ccc(N3CCCCC3)cc2)cc1. The molecule has 2 aliphatic rings. The van der Waals surface area contributed by atoms with Crippen molar-refractivity contribution in [2.75, 3.05) is 29.9 Å². The Morgan fingerprint density at radius 1 is 0.900 bits per heavy atom. The number of benzene rings is 2. The van der Waals surface area contributed by atoms with Gasteiger partial charge in [-0.05, 0) is 75.4 Å². The summed E-state index contributed by atoms with van der Waals surface area (Å²) in [6.07, 6.45) is 4.92. The number of rotatable bonds is 5. The summed E-state index contributed by atoms with van der Waals surface area (Å²) in [5.41, 5.74) is 2.86. The summed E-state index contributed by atoms with van der Waals surface area (Å²) in [4.78, 5) is 15.5. The summed E-state index contributed by atoms with van der Waals surface area (Å²) < 4.78 is 27.5. The highest BCUT2D eigenvalue weighted by Gasteiger charge is 2.39. The van der Waals surface area contributed by atoms with E-state index in [2.05, 4.69) is 10.2 Å². The minimum Gasteiger partial charge on any atom is -0.372 e. The number of hydrogen-bond acceptors (Lipinski definition) is 4. The number of sulfonamides is 1. The largest absolute Gasteiger partial charge is 0.372 e. The van der Waals surface area contributed by atoms with Crippen molar-refractivity contribution in [3.63, 3.8) is 0 Å². The van der Waals surface area contributed by atoms with Gasteiger partial charge in [0.2, 0.25) is 15.9 Å². The molecule has 2 fully saturated rings. The lowest BCUT2D eigenvalue weighted by Crippen LogP contribution is -2.43. The smallest absolute Gasteiger partial charge is 0.243 e. The molecule has 7 heteroatoms. The maximum Gasteiger partial charge on any atom is 0.243 e. The molecule has 0 bridgehead atoms. The standard InChI is InChI=1S/C23H29N3O3S/c1-18-7-13-21(14-8-18)30(28,29)26-17-5-6-22(26)23(27)24-19-9-11-20(12-10-19)25-15-3-2-4-16-25/h7-14,22H,2-6,15-17H2,1H3,(H,24,27)/t22-/m0/s1. The summed E-state index contributed by atoms with van der Waals surface area (Å²) in [5.74, 6) is -0.270. The molecule has 6 nitrogen and oxygen atoms in total. The molecular weight excluding hydrogens is 398 g/mol. The molecule has 0 unspecified atom stereocenters. The predicted molar refractivity (Wildman–Crippen MR) is 119 cm³/mol. The van der Waals surface area contributed by atoms with Gasteiger partial charge < -0.3 is 10.2 Å². The maximum atomic E-state index is 13.1. The number of nitrogens with one attached hydrogen (secondary N) is 1. The van der Waals surface area contributed by atoms with E-state index in [1.54, 1.807) is 24.3 Å². The van der Waals surface area contributed by atoms with Gasteiger partial charge in [0.05, 0.1) is 4.90 Å². The third-order valence-corrected chi connectivity index (χ3v) is 7.91. The Hall–Kier alpha value is -2.38. The fourth-order valence-corrected chi connectivity index (χ4v) is 5.93. The molecule has 2 aromatic rings. The summed E-state index contributed by atoms with van der Waals surface area (Å²) in [6, 6.07) is 13.9. The molecule has 160 valence electrons. The van der Waals surface area contributed by atoms with Crippen LogP contribution in [-0.2, 0) is 14.8 Å². The van der Waals surface area contributed by atoms with Crippen molar-refractivity contribution in [1.82, 2.24) is 4.31 Å². The van der Waals surface area contributed by atoms with Gasteiger partial charge in [0.25, 0.3) is 0 Å². The average molecular weight is 428 g/mol. The van der Waals surface area contributed by atoms with E-state index >= 15 is 0 Å². The van der Waals surface area contributed by atoms with Crippen LogP contribution in [0.3, 0.4) is 0 Å². The van der Waals surface area contributed by atoms with E-state index in [1.807, 2.05) is 31.2 Å². The van der Waals surface area contributed by atoms with Crippen LogP contribution < -0.4 is 10.2 Å². The number of carbonyl (C=O) groups is 1. The zero-order valence-electron chi connectivity index (χ0n) is 17.4. The lowest BCUT2D eigenvalue weighted by molar-refractivity contribution is -0.119. The van der Waals surface area contributed by atoms with Crippen molar-refractivity contribution in [2.24, 2.45) is 0 Å². The second-order valence-electron chi connectivity index (χ2n) is 8.17. The Labute approximate surface area is 178 Å². The van der Waals surface area contributed by atoms with Crippen molar-refractivity contribution in [3.05, 3.63) is 54.1 Å². The molecule has 1 N–H and O–H groups in total. The zero-order chi connectivity index (χ0) is 21.1. The van der Waals surface area contributed by atoms with Crippen LogP contribution in [-0.4, -0.2) is 44.3 Å². The first-order valence-electron chi connectivity index (χ1n) is 10.7. The Bertz CT molecular complexity index is 981. The molecule has 1 amide bonds. The van der Waals surface area contributed by atoms with Gasteiger partial charge in [-0.1, -0.05) is 17.7 Å². The lowest BCUT2D eigenvalue weighted by Gasteiger charge is -2.29. The van der Waals surface area contributed by atoms with E-state index in [0.717, 1.165) is 24.3 Å². The quantitative estimate of drug-likeness (QED) is 0.788. The zero-order valence-corrected chi connectivity index (χ0v) is 18.2. The number of hydrogen-bond donors (Lipinski definition) is 1. The number of carbonyl (C=O) groups excluding carboxylic acids is 1. The highest BCUT2D eigenvalue weighted by atomic mass is 32.2. The Morgan fingerprint density at radius 2 is 1.57 bits per heavy atom. The molecule has 1 atom stereocenters. The third kappa shape index (κ3) is 4.37. The molecule has 2 aliphatic heterocycles. The molecular formula is C23H29N3O3S. The van der Waals surface area contributed by atoms with Gasteiger partial charge >= 0.3 is 0 Å². The summed E-state index contributed by atoms with van der Waals surface area (Å²) >= 11 is 0. The number of piperidine rings is 1. The van der Waals surface area contributed by atoms with Crippen LogP contribution >= 0.6 is 0 Å². The molecule has 30 heavy (non-hydrogen) atoms. The third-order valence-electron chi connectivity index (χ3n) is 5.99. The van der Waals surface area contributed by atoms with Gasteiger partial charge in [-0.25, -0.2) is 8.42 Å². The van der Waals surface area contributed by atoms with E-state index in [1.165, 1.54) is 23.6 Å². The Balaban J connectivity index is 1.45. The molecule has 2 heterocycles. The van der Waals surface area contributed by atoms with Gasteiger partial charge in [-0.2, -0.15) is 4.31 Å². The monoisotopic (exact) mass is 427 g/mol. The van der Waals surface area contributed by atoms with Gasteiger partial charge in [-0.15, -0.1) is 0 Å². The van der Waals surface area contributed by atoms with Crippen LogP contribution in [0.1, 0.15) is 37.7 Å². The molecule has 0 aliphatic carbocycles. The molecule has 2 saturated heterocycles. The molecule has 0 radical (unpaired) electrons. The fraction of sp³-hybridized carbons (Fsp3) is 0.435. The predicted octanol–water partition coefficient (Wildman–Crippen LogP) is 3.78. The van der Waals surface area contributed by atoms with E-state index in [4.69, 9.17) is 0 Å². The highest BCUT2D eigenvalue weighted by Crippen LogP contribution is 2.28. The second-order valence-corrected chi connectivity index (χ2v) is 10.1. The van der Waals surface area contributed by atoms with Gasteiger partial charge in [0, 0.05) is 31.0 Å². The van der Waals surface area contributed by atoms with Crippen molar-refractivity contribution in [2.45, 2.75) is 50.0 Å². The second kappa shape index (κ2) is 8.78. The van der Waals surface area contributed by atoms with Crippen molar-refractivity contribution in [3.8, 4) is 0 Å². The topological polar surface area (TPSA) is 69.7 Å². The van der Waals surface area contributed by atoms with Crippen LogP contribution in [0.4, 0.5) is 11.4 Å². The van der Waals surface area contributed by atoms with E-state index in [0.29, 0.717) is 25.1 Å². The molecule has 0 saturated carbocycles. The first kappa shape index (κ1) is 20.9. The van der Waals surface area contributed by atoms with Crippen molar-refractivity contribution < 1.29 is 13.2 Å². The molecule has 0 aromatic heterocycles. The van der Waals surface area contributed by atoms with E-state index in [-0.39, 0.29) is 10.8 Å². The normalized spacial score (nSPS) is 20.3. The van der Waals surface area contributed by atoms with Gasteiger partial charge in [0.1, 0.15) is 6.04 Å². The van der Waals surface area contributed by atoms with E-state index < -0.39 is 16.1 Å². The van der Waals surface area contributed by atoms with Crippen LogP contribution in [0, 0.1) is 6.92 Å². The first-order chi connectivity index (χ1) is 14.4. The Kier molecular flexibility index (Phi) is 6.11. The molecule has 2 aromatic carbocycles. The lowest BCUT2D eigenvalue weighted by atomic mass is 10.1. The van der Waals surface area contributed by atoms with Crippen LogP contribution in [0.15, 0.2) is 53.4 Å². The number of nitrogens with zero attached hydrogens (tertiary/aromatic N) is 2. The summed E-state index contributed by atoms with van der Waals surface area (Å²) in [6.45, 7) is 4.42. The number of aryl methyl sites for hydroxylation is 1. The van der Waals surface area contributed by atoms with Gasteiger partial charge in [-0.3, -0.25) is 4.79 Å². The minimum absolute atomic E-state index is 0.235. The fourth-order valence-electron chi connectivity index (χ4n) is 4.27. The highest BCUT2D eigenvalue weighted by molar-refractivity contribution is 7.89. The Morgan fingerprint density at radius 3 is 2.23 bits per heavy atom. The number of anilines is 2. The van der Waals surface area contributed by atoms with Crippen molar-refractivity contribution in [1.29, 1.82) is 0 Å². The first-order valence-corrected chi connectivity index (χ1v) is 12.1. The number of amides is 1. The van der Waals surface area contributed by atoms with E-state index in [9.17, 15) is 13.2 Å². The van der Waals surface area contributed by atoms with Crippen molar-refractivity contribution >= 4 is 27.3 Å². The molecule has 4 rings (SSSR count). The summed E-state index contributed by atoms with van der Waals surface area (Å²) in [5, 5.41) is 2.91. The van der Waals surface area contributed by atoms with Crippen LogP contribution in [0.25, 0.3) is 0 Å². The molecule has 0 spiro atoms. The summed E-state index contributed by atoms with van der Waals surface area (Å²) in [7, 11) is -3.70. The minimum atomic E-state index is -3.70.